The fourth-order valence-corrected chi connectivity index (χ4v) is 4.63. The number of hydrogen-bond acceptors (Lipinski definition) is 3. The van der Waals surface area contributed by atoms with Crippen molar-refractivity contribution >= 4 is 29.1 Å². The zero-order valence-corrected chi connectivity index (χ0v) is 20.0. The third kappa shape index (κ3) is 4.98. The van der Waals surface area contributed by atoms with Gasteiger partial charge in [0.2, 0.25) is 18.2 Å². The van der Waals surface area contributed by atoms with Gasteiger partial charge >= 0.3 is 0 Å². The van der Waals surface area contributed by atoms with Crippen molar-refractivity contribution in [3.8, 4) is 0 Å². The number of benzene rings is 2. The third-order valence-corrected chi connectivity index (χ3v) is 6.78. The van der Waals surface area contributed by atoms with Crippen LogP contribution in [-0.4, -0.2) is 52.2 Å². The number of fused-ring (bicyclic) bond motifs is 1. The summed E-state index contributed by atoms with van der Waals surface area (Å²) in [5, 5.41) is 3.56. The molecule has 3 aromatic rings. The van der Waals surface area contributed by atoms with Crippen molar-refractivity contribution < 1.29 is 14.4 Å². The van der Waals surface area contributed by atoms with E-state index in [2.05, 4.69) is 12.2 Å². The fourth-order valence-electron chi connectivity index (χ4n) is 4.63. The van der Waals surface area contributed by atoms with E-state index in [0.29, 0.717) is 24.4 Å². The monoisotopic (exact) mass is 460 g/mol. The van der Waals surface area contributed by atoms with E-state index in [0.717, 1.165) is 29.3 Å². The van der Waals surface area contributed by atoms with Gasteiger partial charge in [-0.2, -0.15) is 0 Å². The first kappa shape index (κ1) is 23.5. The van der Waals surface area contributed by atoms with Crippen molar-refractivity contribution in [2.24, 2.45) is 13.0 Å². The largest absolute Gasteiger partial charge is 0.350 e. The maximum absolute atomic E-state index is 13.4. The second-order valence-electron chi connectivity index (χ2n) is 9.21. The molecule has 1 fully saturated rings. The Kier molecular flexibility index (Phi) is 7.01. The number of amides is 3. The Morgan fingerprint density at radius 1 is 1.12 bits per heavy atom. The van der Waals surface area contributed by atoms with E-state index in [-0.39, 0.29) is 24.4 Å². The maximum Gasteiger partial charge on any atom is 0.250 e. The van der Waals surface area contributed by atoms with Gasteiger partial charge in [0.05, 0.1) is 6.54 Å². The molecule has 7 heteroatoms. The highest BCUT2D eigenvalue weighted by atomic mass is 16.2. The molecule has 34 heavy (non-hydrogen) atoms. The summed E-state index contributed by atoms with van der Waals surface area (Å²) in [6.45, 7) is 2.55. The van der Waals surface area contributed by atoms with Crippen LogP contribution >= 0.6 is 0 Å². The number of carbonyl (C=O) groups excluding carboxylic acids is 3. The lowest BCUT2D eigenvalue weighted by molar-refractivity contribution is -0.142. The summed E-state index contributed by atoms with van der Waals surface area (Å²) in [6.07, 6.45) is 4.65. The molecule has 2 unspecified atom stereocenters. The van der Waals surface area contributed by atoms with Gasteiger partial charge in [-0.3, -0.25) is 14.4 Å². The highest BCUT2D eigenvalue weighted by Gasteiger charge is 2.35. The number of aromatic nitrogens is 1. The van der Waals surface area contributed by atoms with E-state index in [1.54, 1.807) is 7.05 Å². The molecule has 1 N–H and O–H groups in total. The van der Waals surface area contributed by atoms with E-state index in [1.807, 2.05) is 77.3 Å². The minimum atomic E-state index is -0.871. The van der Waals surface area contributed by atoms with Crippen LogP contribution in [0.2, 0.25) is 0 Å². The molecule has 2 atom stereocenters. The molecule has 0 spiro atoms. The number of likely N-dealkylation sites (N-methyl/N-ethyl adjacent to an activating group) is 1. The first-order valence-electron chi connectivity index (χ1n) is 11.7. The fraction of sp³-hybridized carbons (Fsp3) is 0.370. The zero-order chi connectivity index (χ0) is 24.2. The summed E-state index contributed by atoms with van der Waals surface area (Å²) in [5.74, 6) is 0.0891. The molecular formula is C27H32N4O3. The molecule has 7 nitrogen and oxygen atoms in total. The summed E-state index contributed by atoms with van der Waals surface area (Å²) in [5.41, 5.74) is 2.74. The number of aryl methyl sites for hydroxylation is 1. The molecule has 1 heterocycles. The van der Waals surface area contributed by atoms with Crippen LogP contribution < -0.4 is 5.32 Å². The average molecular weight is 461 g/mol. The van der Waals surface area contributed by atoms with Gasteiger partial charge < -0.3 is 19.7 Å². The molecule has 1 aliphatic rings. The van der Waals surface area contributed by atoms with E-state index in [9.17, 15) is 14.4 Å². The molecule has 0 aliphatic heterocycles. The average Bonchev–Trinajstić information content (AvgIpc) is 3.65. The van der Waals surface area contributed by atoms with Crippen molar-refractivity contribution in [2.75, 3.05) is 13.6 Å². The standard InChI is InChI=1S/C27H32N4O3/c1-19(21-13-14-21)31(15-20-9-5-4-6-10-20)25(33)17-30(3)27(34)26(28-18-32)23-16-29(2)24-12-8-7-11-22(23)24/h4-12,16,18-19,21,26H,13-15,17H2,1-3H3,(H,28,32). The Bertz CT molecular complexity index is 1170. The molecule has 178 valence electrons. The molecule has 1 saturated carbocycles. The van der Waals surface area contributed by atoms with Crippen LogP contribution in [0.5, 0.6) is 0 Å². The van der Waals surface area contributed by atoms with Crippen LogP contribution in [0.15, 0.2) is 60.8 Å². The van der Waals surface area contributed by atoms with Crippen LogP contribution in [0.4, 0.5) is 0 Å². The molecule has 3 amide bonds. The second kappa shape index (κ2) is 10.1. The molecule has 2 aromatic carbocycles. The first-order valence-corrected chi connectivity index (χ1v) is 11.7. The Hall–Kier alpha value is -3.61. The normalized spacial score (nSPS) is 14.9. The van der Waals surface area contributed by atoms with Gasteiger partial charge in [0.25, 0.3) is 0 Å². The lowest BCUT2D eigenvalue weighted by Gasteiger charge is -2.32. The van der Waals surface area contributed by atoms with Crippen LogP contribution in [0.1, 0.15) is 36.9 Å². The molecule has 4 rings (SSSR count). The number of rotatable bonds is 10. The summed E-state index contributed by atoms with van der Waals surface area (Å²) in [6, 6.07) is 16.9. The molecule has 0 bridgehead atoms. The predicted molar refractivity (Wildman–Crippen MR) is 132 cm³/mol. The summed E-state index contributed by atoms with van der Waals surface area (Å²) < 4.78 is 1.93. The first-order chi connectivity index (χ1) is 16.4. The SMILES string of the molecule is CC(C1CC1)N(Cc1ccccc1)C(=O)CN(C)C(=O)C(NC=O)c1cn(C)c2ccccc12. The zero-order valence-electron chi connectivity index (χ0n) is 20.0. The molecule has 0 radical (unpaired) electrons. The highest BCUT2D eigenvalue weighted by Crippen LogP contribution is 2.36. The number of hydrogen-bond donors (Lipinski definition) is 1. The predicted octanol–water partition coefficient (Wildman–Crippen LogP) is 3.25. The van der Waals surface area contributed by atoms with E-state index < -0.39 is 6.04 Å². The van der Waals surface area contributed by atoms with E-state index >= 15 is 0 Å². The van der Waals surface area contributed by atoms with Gasteiger partial charge in [-0.25, -0.2) is 0 Å². The number of carbonyl (C=O) groups is 3. The third-order valence-electron chi connectivity index (χ3n) is 6.78. The minimum absolute atomic E-state index is 0.0511. The van der Waals surface area contributed by atoms with Gasteiger partial charge in [-0.1, -0.05) is 48.5 Å². The van der Waals surface area contributed by atoms with Gasteiger partial charge in [-0.05, 0) is 37.3 Å². The van der Waals surface area contributed by atoms with Crippen LogP contribution in [0.3, 0.4) is 0 Å². The Morgan fingerprint density at radius 3 is 2.47 bits per heavy atom. The smallest absolute Gasteiger partial charge is 0.250 e. The number of para-hydroxylation sites is 1. The molecule has 0 saturated heterocycles. The molecular weight excluding hydrogens is 428 g/mol. The van der Waals surface area contributed by atoms with E-state index in [1.165, 1.54) is 4.90 Å². The Morgan fingerprint density at radius 2 is 1.79 bits per heavy atom. The van der Waals surface area contributed by atoms with Crippen LogP contribution in [-0.2, 0) is 28.0 Å². The van der Waals surface area contributed by atoms with Crippen molar-refractivity contribution in [3.05, 3.63) is 71.9 Å². The summed E-state index contributed by atoms with van der Waals surface area (Å²) >= 11 is 0. The quantitative estimate of drug-likeness (QED) is 0.472. The van der Waals surface area contributed by atoms with Gasteiger partial charge in [-0.15, -0.1) is 0 Å². The van der Waals surface area contributed by atoms with Crippen LogP contribution in [0.25, 0.3) is 10.9 Å². The molecule has 1 aliphatic carbocycles. The Labute approximate surface area is 200 Å². The summed E-state index contributed by atoms with van der Waals surface area (Å²) in [4.78, 5) is 41.6. The topological polar surface area (TPSA) is 74.7 Å². The highest BCUT2D eigenvalue weighted by molar-refractivity contribution is 5.94. The number of nitrogens with zero attached hydrogens (tertiary/aromatic N) is 3. The summed E-state index contributed by atoms with van der Waals surface area (Å²) in [7, 11) is 3.52. The van der Waals surface area contributed by atoms with Crippen molar-refractivity contribution in [1.82, 2.24) is 19.7 Å². The number of nitrogens with one attached hydrogen (secondary N) is 1. The van der Waals surface area contributed by atoms with Crippen molar-refractivity contribution in [2.45, 2.75) is 38.4 Å². The van der Waals surface area contributed by atoms with Crippen LogP contribution in [0, 0.1) is 5.92 Å². The van der Waals surface area contributed by atoms with E-state index in [4.69, 9.17) is 0 Å². The van der Waals surface area contributed by atoms with Gasteiger partial charge in [0.15, 0.2) is 0 Å². The van der Waals surface area contributed by atoms with Crippen molar-refractivity contribution in [1.29, 1.82) is 0 Å². The maximum atomic E-state index is 13.4. The molecule has 1 aromatic heterocycles. The lowest BCUT2D eigenvalue weighted by Crippen LogP contribution is -2.47. The van der Waals surface area contributed by atoms with Gasteiger partial charge in [0.1, 0.15) is 6.04 Å². The van der Waals surface area contributed by atoms with Gasteiger partial charge in [0, 0.05) is 49.3 Å². The van der Waals surface area contributed by atoms with Crippen molar-refractivity contribution in [3.63, 3.8) is 0 Å². The minimum Gasteiger partial charge on any atom is -0.350 e. The second-order valence-corrected chi connectivity index (χ2v) is 9.21. The lowest BCUT2D eigenvalue weighted by atomic mass is 10.0. The Balaban J connectivity index is 1.53.